The number of amides is 1. The van der Waals surface area contributed by atoms with Crippen LogP contribution in [0, 0.1) is 13.8 Å². The fourth-order valence-electron chi connectivity index (χ4n) is 3.11. The number of fused-ring (bicyclic) bond motifs is 1. The second-order valence-corrected chi connectivity index (χ2v) is 9.22. The number of hydrogen-bond acceptors (Lipinski definition) is 7. The summed E-state index contributed by atoms with van der Waals surface area (Å²) in [5, 5.41) is 9.81. The van der Waals surface area contributed by atoms with Crippen molar-refractivity contribution in [2.24, 2.45) is 7.05 Å². The van der Waals surface area contributed by atoms with Gasteiger partial charge in [-0.25, -0.2) is 18.4 Å². The van der Waals surface area contributed by atoms with Gasteiger partial charge in [0, 0.05) is 30.0 Å². The van der Waals surface area contributed by atoms with Crippen molar-refractivity contribution in [1.29, 1.82) is 0 Å². The number of carbonyl (C=O) groups excluding carboxylic acids is 1. The average molecular weight is 443 g/mol. The largest absolute Gasteiger partial charge is 0.322 e. The molecule has 0 bridgehead atoms. The van der Waals surface area contributed by atoms with Gasteiger partial charge in [-0.1, -0.05) is 0 Å². The quantitative estimate of drug-likeness (QED) is 0.490. The van der Waals surface area contributed by atoms with E-state index in [1.807, 2.05) is 13.8 Å². The number of thiazole rings is 1. The molecule has 0 saturated heterocycles. The van der Waals surface area contributed by atoms with Gasteiger partial charge in [0.05, 0.1) is 21.5 Å². The molecule has 9 nitrogen and oxygen atoms in total. The van der Waals surface area contributed by atoms with Crippen LogP contribution >= 0.6 is 11.3 Å². The van der Waals surface area contributed by atoms with Crippen molar-refractivity contribution >= 4 is 49.1 Å². The molecule has 0 spiro atoms. The van der Waals surface area contributed by atoms with Gasteiger partial charge in [0.25, 0.3) is 15.9 Å². The van der Waals surface area contributed by atoms with E-state index in [1.165, 1.54) is 41.8 Å². The lowest BCUT2D eigenvalue weighted by atomic mass is 10.1. The van der Waals surface area contributed by atoms with Crippen LogP contribution in [0.5, 0.6) is 0 Å². The Bertz CT molecular complexity index is 1340. The molecule has 0 unspecified atom stereocenters. The molecule has 0 saturated carbocycles. The first-order valence-electron chi connectivity index (χ1n) is 8.89. The number of sulfonamides is 1. The smallest absolute Gasteiger partial charge is 0.263 e. The molecule has 0 aliphatic heterocycles. The molecule has 0 atom stereocenters. The van der Waals surface area contributed by atoms with E-state index >= 15 is 0 Å². The van der Waals surface area contributed by atoms with Gasteiger partial charge < -0.3 is 5.32 Å². The zero-order chi connectivity index (χ0) is 21.5. The Hall–Kier alpha value is -3.31. The molecule has 0 radical (unpaired) electrons. The van der Waals surface area contributed by atoms with Crippen LogP contribution < -0.4 is 10.0 Å². The number of benzene rings is 1. The summed E-state index contributed by atoms with van der Waals surface area (Å²) >= 11 is 1.19. The number of aromatic nitrogens is 4. The summed E-state index contributed by atoms with van der Waals surface area (Å²) < 4.78 is 28.9. The third-order valence-corrected chi connectivity index (χ3v) is 6.59. The van der Waals surface area contributed by atoms with Crippen molar-refractivity contribution in [2.75, 3.05) is 10.0 Å². The number of anilines is 2. The molecule has 4 rings (SSSR count). The van der Waals surface area contributed by atoms with Crippen molar-refractivity contribution < 1.29 is 13.2 Å². The van der Waals surface area contributed by atoms with E-state index in [0.717, 1.165) is 0 Å². The zero-order valence-corrected chi connectivity index (χ0v) is 18.0. The van der Waals surface area contributed by atoms with Crippen molar-refractivity contribution in [1.82, 2.24) is 19.7 Å². The maximum absolute atomic E-state index is 12.9. The molecule has 3 aromatic heterocycles. The Morgan fingerprint density at radius 1 is 1.17 bits per heavy atom. The topological polar surface area (TPSA) is 119 Å². The number of rotatable bonds is 5. The lowest BCUT2D eigenvalue weighted by Gasteiger charge is -2.09. The fraction of sp³-hybridized carbons (Fsp3) is 0.158. The number of nitrogens with zero attached hydrogens (tertiary/aromatic N) is 4. The summed E-state index contributed by atoms with van der Waals surface area (Å²) in [5.74, 6) is -0.321. The Kier molecular flexibility index (Phi) is 5.00. The highest BCUT2D eigenvalue weighted by atomic mass is 32.2. The standard InChI is InChI=1S/C19H18N6O3S2/c1-11-10-15(16-12(2)23-25(3)17(16)21-11)18(26)22-13-4-6-14(7-5-13)30(27,28)24-19-20-8-9-29-19/h4-10H,1-3H3,(H,20,24)(H,22,26). The maximum atomic E-state index is 12.9. The van der Waals surface area contributed by atoms with E-state index in [0.29, 0.717) is 33.7 Å². The van der Waals surface area contributed by atoms with Crippen LogP contribution in [0.15, 0.2) is 46.8 Å². The Labute approximate surface area is 176 Å². The van der Waals surface area contributed by atoms with Crippen LogP contribution in [0.3, 0.4) is 0 Å². The molecule has 3 heterocycles. The molecule has 30 heavy (non-hydrogen) atoms. The van der Waals surface area contributed by atoms with Crippen LogP contribution in [0.4, 0.5) is 10.8 Å². The minimum Gasteiger partial charge on any atom is -0.322 e. The number of nitrogens with one attached hydrogen (secondary N) is 2. The second kappa shape index (κ2) is 7.50. The summed E-state index contributed by atoms with van der Waals surface area (Å²) in [7, 11) is -1.97. The Morgan fingerprint density at radius 2 is 1.90 bits per heavy atom. The Balaban J connectivity index is 1.58. The van der Waals surface area contributed by atoms with Gasteiger partial charge in [-0.15, -0.1) is 11.3 Å². The predicted octanol–water partition coefficient (Wildman–Crippen LogP) is 3.09. The van der Waals surface area contributed by atoms with E-state index in [9.17, 15) is 13.2 Å². The van der Waals surface area contributed by atoms with E-state index in [2.05, 4.69) is 25.1 Å². The first-order chi connectivity index (χ1) is 14.2. The molecule has 1 amide bonds. The summed E-state index contributed by atoms with van der Waals surface area (Å²) in [6.45, 7) is 3.64. The minimum atomic E-state index is -3.75. The molecular formula is C19H18N6O3S2. The first kappa shape index (κ1) is 20.0. The first-order valence-corrected chi connectivity index (χ1v) is 11.3. The van der Waals surface area contributed by atoms with Crippen LogP contribution in [-0.4, -0.2) is 34.1 Å². The molecule has 154 valence electrons. The lowest BCUT2D eigenvalue weighted by Crippen LogP contribution is -2.15. The molecule has 0 aliphatic rings. The van der Waals surface area contributed by atoms with Crippen molar-refractivity contribution in [2.45, 2.75) is 18.7 Å². The van der Waals surface area contributed by atoms with Gasteiger partial charge in [-0.3, -0.25) is 14.2 Å². The summed E-state index contributed by atoms with van der Waals surface area (Å²) in [5.41, 5.74) is 2.97. The van der Waals surface area contributed by atoms with Gasteiger partial charge >= 0.3 is 0 Å². The normalized spacial score (nSPS) is 11.6. The van der Waals surface area contributed by atoms with E-state index in [4.69, 9.17) is 0 Å². The van der Waals surface area contributed by atoms with Gasteiger partial charge in [0.1, 0.15) is 0 Å². The lowest BCUT2D eigenvalue weighted by molar-refractivity contribution is 0.102. The van der Waals surface area contributed by atoms with Gasteiger partial charge in [-0.05, 0) is 44.2 Å². The molecule has 0 fully saturated rings. The van der Waals surface area contributed by atoms with Crippen molar-refractivity contribution in [3.05, 3.63) is 58.9 Å². The third-order valence-electron chi connectivity index (χ3n) is 4.42. The van der Waals surface area contributed by atoms with E-state index < -0.39 is 10.0 Å². The number of aryl methyl sites for hydroxylation is 3. The highest BCUT2D eigenvalue weighted by Crippen LogP contribution is 2.24. The summed E-state index contributed by atoms with van der Waals surface area (Å²) in [4.78, 5) is 21.4. The molecule has 2 N–H and O–H groups in total. The van der Waals surface area contributed by atoms with Crippen LogP contribution in [0.25, 0.3) is 11.0 Å². The Morgan fingerprint density at radius 3 is 2.57 bits per heavy atom. The van der Waals surface area contributed by atoms with Gasteiger partial charge in [-0.2, -0.15) is 5.10 Å². The SMILES string of the molecule is Cc1cc(C(=O)Nc2ccc(S(=O)(=O)Nc3nccs3)cc2)c2c(C)nn(C)c2n1. The predicted molar refractivity (Wildman–Crippen MR) is 115 cm³/mol. The summed E-state index contributed by atoms with van der Waals surface area (Å²) in [6, 6.07) is 7.64. The van der Waals surface area contributed by atoms with Crippen LogP contribution in [0.1, 0.15) is 21.7 Å². The number of pyridine rings is 1. The van der Waals surface area contributed by atoms with Crippen LogP contribution in [-0.2, 0) is 17.1 Å². The van der Waals surface area contributed by atoms with Gasteiger partial charge in [0.15, 0.2) is 10.8 Å². The highest BCUT2D eigenvalue weighted by Gasteiger charge is 2.19. The van der Waals surface area contributed by atoms with Gasteiger partial charge in [0.2, 0.25) is 0 Å². The highest BCUT2D eigenvalue weighted by molar-refractivity contribution is 7.93. The molecule has 0 aliphatic carbocycles. The fourth-order valence-corrected chi connectivity index (χ4v) is 4.90. The van der Waals surface area contributed by atoms with Crippen LogP contribution in [0.2, 0.25) is 0 Å². The number of carbonyl (C=O) groups is 1. The minimum absolute atomic E-state index is 0.0703. The summed E-state index contributed by atoms with van der Waals surface area (Å²) in [6.07, 6.45) is 1.52. The monoisotopic (exact) mass is 442 g/mol. The molecule has 11 heteroatoms. The number of hydrogen-bond donors (Lipinski definition) is 2. The molecule has 1 aromatic carbocycles. The van der Waals surface area contributed by atoms with E-state index in [1.54, 1.807) is 23.2 Å². The van der Waals surface area contributed by atoms with E-state index in [-0.39, 0.29) is 15.9 Å². The third kappa shape index (κ3) is 3.76. The van der Waals surface area contributed by atoms with Crippen molar-refractivity contribution in [3.63, 3.8) is 0 Å². The zero-order valence-electron chi connectivity index (χ0n) is 16.4. The maximum Gasteiger partial charge on any atom is 0.263 e. The average Bonchev–Trinajstić information content (AvgIpc) is 3.29. The molecular weight excluding hydrogens is 424 g/mol. The second-order valence-electron chi connectivity index (χ2n) is 6.64. The van der Waals surface area contributed by atoms with Crippen molar-refractivity contribution in [3.8, 4) is 0 Å². The molecule has 4 aromatic rings.